The van der Waals surface area contributed by atoms with Crippen LogP contribution in [-0.2, 0) is 46.9 Å². The Hall–Kier alpha value is 2.02. The molecule has 0 aliphatic heterocycles. The molecule has 0 bridgehead atoms. The van der Waals surface area contributed by atoms with E-state index in [1.807, 2.05) is 0 Å². The number of hydrogen-bond donors (Lipinski definition) is 0. The summed E-state index contributed by atoms with van der Waals surface area (Å²) in [4.78, 5) is 0. The molecule has 0 aliphatic carbocycles. The summed E-state index contributed by atoms with van der Waals surface area (Å²) in [6.07, 6.45) is 0. The van der Waals surface area contributed by atoms with Gasteiger partial charge in [-0.2, -0.15) is 0 Å². The molecular formula is O5Sn2Zn. The van der Waals surface area contributed by atoms with E-state index in [0.29, 0.717) is 0 Å². The Labute approximate surface area is 93.8 Å². The first-order valence-corrected chi connectivity index (χ1v) is 0. The van der Waals surface area contributed by atoms with E-state index in [1.165, 1.54) is 0 Å². The molecule has 0 heterocycles. The molecule has 8 heavy (non-hydrogen) atoms. The normalized spacial score (nSPS) is 0. The molecule has 0 saturated heterocycles. The maximum Gasteiger partial charge on any atom is 4.00 e. The van der Waals surface area contributed by atoms with E-state index < -0.39 is 0 Å². The molecule has 0 fully saturated rings. The van der Waals surface area contributed by atoms with E-state index in [9.17, 15) is 0 Å². The van der Waals surface area contributed by atoms with Crippen molar-refractivity contribution in [3.8, 4) is 0 Å². The van der Waals surface area contributed by atoms with Gasteiger partial charge in [-0.05, 0) is 0 Å². The summed E-state index contributed by atoms with van der Waals surface area (Å²) in [6, 6.07) is 0. The SMILES string of the molecule is [O-2].[O-2].[O-2].[O-2].[O-2].[Sn+4].[Sn+4].[Zn+2]. The summed E-state index contributed by atoms with van der Waals surface area (Å²) in [5, 5.41) is 0. The van der Waals surface area contributed by atoms with Gasteiger partial charge in [0.25, 0.3) is 0 Å². The quantitative estimate of drug-likeness (QED) is 0.456. The minimum absolute atomic E-state index is 0. The van der Waals surface area contributed by atoms with E-state index >= 15 is 0 Å². The minimum atomic E-state index is 0. The van der Waals surface area contributed by atoms with E-state index in [1.54, 1.807) is 0 Å². The van der Waals surface area contributed by atoms with Crippen molar-refractivity contribution in [1.82, 2.24) is 0 Å². The summed E-state index contributed by atoms with van der Waals surface area (Å²) in [7, 11) is 0. The molecule has 0 atom stereocenters. The van der Waals surface area contributed by atoms with Crippen LogP contribution < -0.4 is 0 Å². The Bertz CT molecular complexity index is 10.4. The van der Waals surface area contributed by atoms with Crippen LogP contribution in [0.25, 0.3) is 0 Å². The molecule has 0 rings (SSSR count). The molecule has 0 aliphatic rings. The van der Waals surface area contributed by atoms with Crippen molar-refractivity contribution in [1.29, 1.82) is 0 Å². The molecule has 0 spiro atoms. The van der Waals surface area contributed by atoms with Crippen LogP contribution >= 0.6 is 0 Å². The zero-order chi connectivity index (χ0) is 0. The topological polar surface area (TPSA) is 142 Å². The van der Waals surface area contributed by atoms with Gasteiger partial charge < -0.3 is 27.4 Å². The van der Waals surface area contributed by atoms with E-state index in [4.69, 9.17) is 0 Å². The monoisotopic (exact) mass is 384 g/mol. The molecule has 0 N–H and O–H groups in total. The fraction of sp³-hybridized carbons (Fsp3) is 0. The first-order chi connectivity index (χ1) is 0. The first kappa shape index (κ1) is 200. The summed E-state index contributed by atoms with van der Waals surface area (Å²) in [5.41, 5.74) is 0. The maximum absolute atomic E-state index is 0. The maximum atomic E-state index is 0. The Morgan fingerprint density at radius 2 is 0.375 bits per heavy atom. The van der Waals surface area contributed by atoms with Crippen LogP contribution in [0.3, 0.4) is 0 Å². The molecule has 5 nitrogen and oxygen atoms in total. The van der Waals surface area contributed by atoms with E-state index in [-0.39, 0.29) is 94.7 Å². The van der Waals surface area contributed by atoms with E-state index in [0.717, 1.165) is 0 Å². The van der Waals surface area contributed by atoms with Gasteiger partial charge in [-0.15, -0.1) is 0 Å². The predicted octanol–water partition coefficient (Wildman–Crippen LogP) is -1.36. The summed E-state index contributed by atoms with van der Waals surface area (Å²) >= 11 is 0. The van der Waals surface area contributed by atoms with Gasteiger partial charge >= 0.3 is 67.3 Å². The van der Waals surface area contributed by atoms with Crippen molar-refractivity contribution in [3.05, 3.63) is 0 Å². The van der Waals surface area contributed by atoms with Crippen LogP contribution in [0.15, 0.2) is 0 Å². The van der Waals surface area contributed by atoms with Gasteiger partial charge in [0.15, 0.2) is 0 Å². The van der Waals surface area contributed by atoms with Crippen LogP contribution in [0.1, 0.15) is 0 Å². The van der Waals surface area contributed by atoms with Crippen LogP contribution in [0.4, 0.5) is 0 Å². The average molecular weight is 383 g/mol. The molecule has 0 unspecified atom stereocenters. The Morgan fingerprint density at radius 3 is 0.375 bits per heavy atom. The van der Waals surface area contributed by atoms with Crippen LogP contribution in [0, 0.1) is 0 Å². The van der Waals surface area contributed by atoms with Crippen molar-refractivity contribution in [2.45, 2.75) is 0 Å². The van der Waals surface area contributed by atoms with Crippen molar-refractivity contribution in [2.24, 2.45) is 0 Å². The third-order valence-electron chi connectivity index (χ3n) is 0. The van der Waals surface area contributed by atoms with Gasteiger partial charge in [0.1, 0.15) is 0 Å². The largest absolute Gasteiger partial charge is 4.00 e. The summed E-state index contributed by atoms with van der Waals surface area (Å²) in [6.45, 7) is 0. The molecule has 8 heteroatoms. The third kappa shape index (κ3) is 96.8. The number of rotatable bonds is 0. The van der Waals surface area contributed by atoms with Crippen LogP contribution in [0.5, 0.6) is 0 Å². The molecule has 0 aromatic carbocycles. The van der Waals surface area contributed by atoms with Crippen LogP contribution in [0.2, 0.25) is 0 Å². The van der Waals surface area contributed by atoms with Crippen molar-refractivity contribution >= 4 is 47.8 Å². The second kappa shape index (κ2) is 142. The minimum Gasteiger partial charge on any atom is -2.00 e. The fourth-order valence-electron chi connectivity index (χ4n) is 0. The molecule has 0 radical (unpaired) electrons. The van der Waals surface area contributed by atoms with Crippen molar-refractivity contribution < 1.29 is 46.9 Å². The zero-order valence-corrected chi connectivity index (χ0v) is 12.4. The fourth-order valence-corrected chi connectivity index (χ4v) is 0. The van der Waals surface area contributed by atoms with Gasteiger partial charge in [-0.1, -0.05) is 0 Å². The molecule has 0 saturated carbocycles. The van der Waals surface area contributed by atoms with Crippen LogP contribution in [-0.4, -0.2) is 47.8 Å². The summed E-state index contributed by atoms with van der Waals surface area (Å²) < 4.78 is 0. The van der Waals surface area contributed by atoms with Gasteiger partial charge in [0.2, 0.25) is 0 Å². The van der Waals surface area contributed by atoms with Gasteiger partial charge in [0.05, 0.1) is 0 Å². The smallest absolute Gasteiger partial charge is 2.00 e. The second-order valence-corrected chi connectivity index (χ2v) is 0. The average Bonchev–Trinajstić information content (AvgIpc) is 0. The standard InChI is InChI=1S/5O.2Sn.Zn/q5*-2;2*+4;+2. The molecule has 0 aromatic rings. The molecule has 0 amide bonds. The van der Waals surface area contributed by atoms with Gasteiger partial charge in [-0.3, -0.25) is 0 Å². The third-order valence-corrected chi connectivity index (χ3v) is 0. The first-order valence-electron chi connectivity index (χ1n) is 0. The van der Waals surface area contributed by atoms with Crippen molar-refractivity contribution in [3.63, 3.8) is 0 Å². The second-order valence-electron chi connectivity index (χ2n) is 0. The Morgan fingerprint density at radius 1 is 0.375 bits per heavy atom. The van der Waals surface area contributed by atoms with Crippen molar-refractivity contribution in [2.75, 3.05) is 0 Å². The van der Waals surface area contributed by atoms with Gasteiger partial charge in [0, 0.05) is 0 Å². The molecule has 40 valence electrons. The number of hydrogen-bond acceptors (Lipinski definition) is 0. The van der Waals surface area contributed by atoms with Gasteiger partial charge in [-0.25, -0.2) is 0 Å². The zero-order valence-electron chi connectivity index (χ0n) is 3.75. The Balaban J connectivity index is 0. The molecular weight excluding hydrogens is 383 g/mol. The summed E-state index contributed by atoms with van der Waals surface area (Å²) in [5.74, 6) is 0. The van der Waals surface area contributed by atoms with E-state index in [2.05, 4.69) is 0 Å². The molecule has 0 aromatic heterocycles. The predicted molar refractivity (Wildman–Crippen MR) is 14.9 cm³/mol. The Kier molecular flexibility index (Phi) is 3550.